The van der Waals surface area contributed by atoms with Crippen molar-refractivity contribution in [3.8, 4) is 10.6 Å². The monoisotopic (exact) mass is 623 g/mol. The number of fused-ring (bicyclic) bond motifs is 3. The van der Waals surface area contributed by atoms with Crippen molar-refractivity contribution in [2.24, 2.45) is 0 Å². The van der Waals surface area contributed by atoms with E-state index in [1.807, 2.05) is 46.9 Å². The molecule has 0 unspecified atom stereocenters. The predicted octanol–water partition coefficient (Wildman–Crippen LogP) is 7.75. The maximum absolute atomic E-state index is 12.4. The summed E-state index contributed by atoms with van der Waals surface area (Å²) in [6.45, 7) is 0. The third kappa shape index (κ3) is 3.47. The van der Waals surface area contributed by atoms with Crippen molar-refractivity contribution < 1.29 is 13.9 Å². The van der Waals surface area contributed by atoms with Crippen LogP contribution in [0.15, 0.2) is 83.3 Å². The molecule has 3 aromatic carbocycles. The third-order valence-electron chi connectivity index (χ3n) is 4.62. The van der Waals surface area contributed by atoms with Gasteiger partial charge in [0, 0.05) is 39.4 Å². The number of hydrogen-bond acceptors (Lipinski definition) is 3. The number of carbonyl (C=O) groups is 1. The second-order valence-corrected chi connectivity index (χ2v) is 10.6. The molecule has 0 aliphatic carbocycles. The smallest absolute Gasteiger partial charge is 0.380 e. The van der Waals surface area contributed by atoms with Gasteiger partial charge in [0.15, 0.2) is 18.1 Å². The van der Waals surface area contributed by atoms with E-state index in [0.717, 1.165) is 3.57 Å². The Morgan fingerprint density at radius 1 is 0.828 bits per heavy atom. The normalized spacial score (nSPS) is 11.2. The van der Waals surface area contributed by atoms with Gasteiger partial charge < -0.3 is 9.15 Å². The van der Waals surface area contributed by atoms with Gasteiger partial charge in [-0.15, -0.1) is 0 Å². The van der Waals surface area contributed by atoms with Gasteiger partial charge in [0.2, 0.25) is 5.76 Å². The minimum absolute atomic E-state index is 0.159. The summed E-state index contributed by atoms with van der Waals surface area (Å²) < 4.78 is 15.0. The van der Waals surface area contributed by atoms with Crippen LogP contribution in [-0.4, -0.2) is 5.97 Å². The van der Waals surface area contributed by atoms with Crippen LogP contribution in [0.5, 0.6) is 5.75 Å². The van der Waals surface area contributed by atoms with Crippen LogP contribution in [-0.2, 0) is 0 Å². The average Bonchev–Trinajstić information content (AvgIpc) is 3.25. The molecule has 5 rings (SSSR count). The van der Waals surface area contributed by atoms with Crippen LogP contribution < -0.4 is 4.74 Å². The van der Waals surface area contributed by atoms with Crippen LogP contribution in [0.1, 0.15) is 10.6 Å². The molecule has 0 atom stereocenters. The molecule has 6 heteroatoms. The summed E-state index contributed by atoms with van der Waals surface area (Å²) in [7, 11) is -0.159. The topological polar surface area (TPSA) is 39.4 Å². The van der Waals surface area contributed by atoms with Crippen molar-refractivity contribution in [2.45, 2.75) is 0 Å². The first-order valence-corrected chi connectivity index (χ1v) is 12.2. The predicted molar refractivity (Wildman–Crippen MR) is 134 cm³/mol. The number of thiophene rings is 1. The largest absolute Gasteiger partial charge is 0.442 e. The summed E-state index contributed by atoms with van der Waals surface area (Å²) >= 11 is 4.11. The quantitative estimate of drug-likeness (QED) is 0.0894. The summed E-state index contributed by atoms with van der Waals surface area (Å²) in [4.78, 5) is 13.6. The number of benzene rings is 3. The average molecular weight is 623 g/mol. The van der Waals surface area contributed by atoms with Crippen molar-refractivity contribution in [1.82, 2.24) is 0 Å². The third-order valence-corrected chi connectivity index (χ3v) is 8.28. The molecule has 0 aliphatic rings. The van der Waals surface area contributed by atoms with E-state index in [4.69, 9.17) is 9.15 Å². The van der Waals surface area contributed by atoms with E-state index in [1.54, 1.807) is 6.07 Å². The number of furan rings is 1. The van der Waals surface area contributed by atoms with Crippen LogP contribution >= 0.6 is 55.7 Å². The highest BCUT2D eigenvalue weighted by molar-refractivity contribution is 14.1. The van der Waals surface area contributed by atoms with E-state index in [1.165, 1.54) is 25.1 Å². The van der Waals surface area contributed by atoms with Crippen molar-refractivity contribution in [3.63, 3.8) is 0 Å². The molecule has 0 radical (unpaired) electrons. The molecular weight excluding hydrogens is 610 g/mol. The summed E-state index contributed by atoms with van der Waals surface area (Å²) in [6.07, 6.45) is 0. The fraction of sp³-hybridized carbons (Fsp3) is 0. The Balaban J connectivity index is 1.52. The van der Waals surface area contributed by atoms with Gasteiger partial charge >= 0.3 is 5.97 Å². The van der Waals surface area contributed by atoms with Gasteiger partial charge in [-0.25, -0.2) is 4.79 Å². The molecule has 0 saturated carbocycles. The lowest BCUT2D eigenvalue weighted by Crippen LogP contribution is -2.08. The molecule has 0 saturated heterocycles. The minimum atomic E-state index is -0.482. The van der Waals surface area contributed by atoms with E-state index in [0.29, 0.717) is 9.52 Å². The van der Waals surface area contributed by atoms with Gasteiger partial charge in [-0.1, -0.05) is 24.3 Å². The fourth-order valence-electron chi connectivity index (χ4n) is 3.38. The van der Waals surface area contributed by atoms with E-state index in [-0.39, 0.29) is 16.2 Å². The van der Waals surface area contributed by atoms with Crippen LogP contribution in [0.3, 0.4) is 0 Å². The van der Waals surface area contributed by atoms with Gasteiger partial charge in [-0.2, -0.15) is 0 Å². The molecule has 0 N–H and O–H groups in total. The first kappa shape index (κ1) is 19.1. The maximum Gasteiger partial charge on any atom is 0.380 e. The Kier molecular flexibility index (Phi) is 5.09. The van der Waals surface area contributed by atoms with Crippen molar-refractivity contribution in [3.05, 3.63) is 92.0 Å². The highest BCUT2D eigenvalue weighted by Gasteiger charge is 2.23. The van der Waals surface area contributed by atoms with Gasteiger partial charge in [0.1, 0.15) is 5.75 Å². The molecule has 2 aromatic heterocycles. The van der Waals surface area contributed by atoms with Crippen LogP contribution in [0.4, 0.5) is 0 Å². The summed E-state index contributed by atoms with van der Waals surface area (Å²) in [5.74, 6) is 0.258. The zero-order valence-corrected chi connectivity index (χ0v) is 20.0. The number of halogens is 2. The van der Waals surface area contributed by atoms with E-state index in [2.05, 4.69) is 71.1 Å². The molecular formula is C23H13I2O3S+. The highest BCUT2D eigenvalue weighted by atomic mass is 127. The molecule has 5 aromatic rings. The number of hydrogen-bond donors (Lipinski definition) is 0. The second-order valence-electron chi connectivity index (χ2n) is 6.39. The Hall–Kier alpha value is -1.91. The Morgan fingerprint density at radius 3 is 1.97 bits per heavy atom. The van der Waals surface area contributed by atoms with Gasteiger partial charge in [0.25, 0.3) is 0 Å². The lowest BCUT2D eigenvalue weighted by molar-refractivity contribution is 0.0698. The summed E-state index contributed by atoms with van der Waals surface area (Å²) in [6, 6.07) is 26.7. The van der Waals surface area contributed by atoms with Gasteiger partial charge in [0.05, 0.1) is 3.57 Å². The Labute approximate surface area is 196 Å². The standard InChI is InChI=1S/C23H13I2O3S/c24-18-13-21(25)28-22(18)23(26)27-14-9-11-15(12-10-14)29-19-7-3-1-5-16(19)17-6-2-4-8-20(17)29/h1-13H/q+1. The van der Waals surface area contributed by atoms with E-state index >= 15 is 0 Å². The highest BCUT2D eigenvalue weighted by Crippen LogP contribution is 2.48. The summed E-state index contributed by atoms with van der Waals surface area (Å²) in [5.41, 5.74) is 0. The fourth-order valence-corrected chi connectivity index (χ4v) is 7.50. The first-order chi connectivity index (χ1) is 14.1. The molecule has 3 nitrogen and oxygen atoms in total. The lowest BCUT2D eigenvalue weighted by atomic mass is 10.2. The minimum Gasteiger partial charge on any atom is -0.442 e. The Morgan fingerprint density at radius 2 is 1.41 bits per heavy atom. The number of ether oxygens (including phenoxy) is 1. The molecule has 29 heavy (non-hydrogen) atoms. The number of esters is 1. The van der Waals surface area contributed by atoms with Crippen molar-refractivity contribution in [1.29, 1.82) is 0 Å². The second kappa shape index (κ2) is 7.73. The number of rotatable bonds is 3. The molecule has 0 aliphatic heterocycles. The Bertz CT molecular complexity index is 1310. The maximum atomic E-state index is 12.4. The number of carbonyl (C=O) groups excluding carboxylic acids is 1. The molecule has 0 spiro atoms. The molecule has 2 heterocycles. The SMILES string of the molecule is O=C(Oc1ccc(-[s+]2c3ccccc3c3ccccc32)cc1)c1oc(I)cc1I. The van der Waals surface area contributed by atoms with Gasteiger partial charge in [-0.05, 0) is 81.6 Å². The van der Waals surface area contributed by atoms with E-state index < -0.39 is 5.97 Å². The summed E-state index contributed by atoms with van der Waals surface area (Å²) in [5, 5.41) is 2.59. The van der Waals surface area contributed by atoms with Gasteiger partial charge in [-0.3, -0.25) is 0 Å². The molecule has 0 fully saturated rings. The van der Waals surface area contributed by atoms with Crippen molar-refractivity contribution in [2.75, 3.05) is 0 Å². The zero-order valence-electron chi connectivity index (χ0n) is 14.9. The van der Waals surface area contributed by atoms with E-state index in [9.17, 15) is 4.79 Å². The van der Waals surface area contributed by atoms with Crippen molar-refractivity contribution >= 4 is 81.8 Å². The van der Waals surface area contributed by atoms with Crippen LogP contribution in [0.2, 0.25) is 0 Å². The zero-order chi connectivity index (χ0) is 20.0. The first-order valence-electron chi connectivity index (χ1n) is 8.81. The molecule has 0 amide bonds. The molecule has 0 bridgehead atoms. The lowest BCUT2D eigenvalue weighted by Gasteiger charge is -2.02. The van der Waals surface area contributed by atoms with Crippen LogP contribution in [0, 0.1) is 7.34 Å². The van der Waals surface area contributed by atoms with Crippen LogP contribution in [0.25, 0.3) is 25.1 Å². The molecule has 142 valence electrons.